The molecule has 18 heavy (non-hydrogen) atoms. The topological polar surface area (TPSA) is 110 Å². The van der Waals surface area contributed by atoms with Crippen molar-refractivity contribution in [1.82, 2.24) is 15.1 Å². The molecule has 0 saturated carbocycles. The monoisotopic (exact) mass is 254 g/mol. The SMILES string of the molecule is CC(CCC(=O)O)NC(=O)C(N)c1cnn(C)c1. The number of nitrogens with one attached hydrogen (secondary N) is 1. The van der Waals surface area contributed by atoms with E-state index in [9.17, 15) is 9.59 Å². The smallest absolute Gasteiger partial charge is 0.303 e. The Morgan fingerprint density at radius 1 is 1.61 bits per heavy atom. The van der Waals surface area contributed by atoms with Gasteiger partial charge < -0.3 is 16.2 Å². The van der Waals surface area contributed by atoms with Crippen molar-refractivity contribution >= 4 is 11.9 Å². The van der Waals surface area contributed by atoms with Gasteiger partial charge in [0.05, 0.1) is 6.20 Å². The summed E-state index contributed by atoms with van der Waals surface area (Å²) in [4.78, 5) is 22.2. The number of carbonyl (C=O) groups is 2. The van der Waals surface area contributed by atoms with Crippen LogP contribution in [0, 0.1) is 0 Å². The molecule has 0 aliphatic rings. The second-order valence-corrected chi connectivity index (χ2v) is 4.27. The van der Waals surface area contributed by atoms with E-state index >= 15 is 0 Å². The van der Waals surface area contributed by atoms with E-state index in [1.54, 1.807) is 24.9 Å². The zero-order valence-corrected chi connectivity index (χ0v) is 10.5. The molecule has 7 nitrogen and oxygen atoms in total. The number of carboxylic acid groups (broad SMARTS) is 1. The van der Waals surface area contributed by atoms with Gasteiger partial charge in [-0.15, -0.1) is 0 Å². The van der Waals surface area contributed by atoms with Gasteiger partial charge in [-0.2, -0.15) is 5.10 Å². The third-order valence-electron chi connectivity index (χ3n) is 2.55. The number of rotatable bonds is 6. The molecule has 0 aliphatic carbocycles. The molecule has 1 rings (SSSR count). The fourth-order valence-corrected chi connectivity index (χ4v) is 1.50. The lowest BCUT2D eigenvalue weighted by Gasteiger charge is -2.16. The van der Waals surface area contributed by atoms with Crippen LogP contribution >= 0.6 is 0 Å². The van der Waals surface area contributed by atoms with E-state index in [1.807, 2.05) is 0 Å². The van der Waals surface area contributed by atoms with Crippen LogP contribution in [-0.4, -0.2) is 32.8 Å². The first-order chi connectivity index (χ1) is 8.40. The highest BCUT2D eigenvalue weighted by atomic mass is 16.4. The van der Waals surface area contributed by atoms with Gasteiger partial charge in [-0.1, -0.05) is 0 Å². The van der Waals surface area contributed by atoms with Crippen molar-refractivity contribution in [3.8, 4) is 0 Å². The Balaban J connectivity index is 2.47. The Hall–Kier alpha value is -1.89. The van der Waals surface area contributed by atoms with Crippen LogP contribution in [0.5, 0.6) is 0 Å². The van der Waals surface area contributed by atoms with E-state index in [-0.39, 0.29) is 18.4 Å². The molecule has 1 aromatic rings. The van der Waals surface area contributed by atoms with Gasteiger partial charge in [0.15, 0.2) is 0 Å². The summed E-state index contributed by atoms with van der Waals surface area (Å²) in [5, 5.41) is 15.2. The molecule has 1 amide bonds. The summed E-state index contributed by atoms with van der Waals surface area (Å²) < 4.78 is 1.57. The largest absolute Gasteiger partial charge is 0.481 e. The van der Waals surface area contributed by atoms with E-state index in [2.05, 4.69) is 10.4 Å². The average Bonchev–Trinajstić information content (AvgIpc) is 2.72. The minimum absolute atomic E-state index is 0.0174. The number of carbonyl (C=O) groups excluding carboxylic acids is 1. The predicted molar refractivity (Wildman–Crippen MR) is 64.6 cm³/mol. The Labute approximate surface area is 105 Å². The van der Waals surface area contributed by atoms with Crippen molar-refractivity contribution in [2.75, 3.05) is 0 Å². The first-order valence-electron chi connectivity index (χ1n) is 5.66. The van der Waals surface area contributed by atoms with Crippen LogP contribution in [0.1, 0.15) is 31.4 Å². The van der Waals surface area contributed by atoms with Gasteiger partial charge in [-0.25, -0.2) is 0 Å². The Kier molecular flexibility index (Phi) is 4.85. The standard InChI is InChI=1S/C11H18N4O3/c1-7(3-4-9(16)17)14-11(18)10(12)8-5-13-15(2)6-8/h5-7,10H,3-4,12H2,1-2H3,(H,14,18)(H,16,17). The highest BCUT2D eigenvalue weighted by Gasteiger charge is 2.19. The molecule has 4 N–H and O–H groups in total. The van der Waals surface area contributed by atoms with Gasteiger partial charge in [-0.05, 0) is 13.3 Å². The van der Waals surface area contributed by atoms with Crippen LogP contribution in [-0.2, 0) is 16.6 Å². The summed E-state index contributed by atoms with van der Waals surface area (Å²) in [5.41, 5.74) is 6.40. The van der Waals surface area contributed by atoms with Crippen LogP contribution in [0.25, 0.3) is 0 Å². The fourth-order valence-electron chi connectivity index (χ4n) is 1.50. The van der Waals surface area contributed by atoms with Crippen LogP contribution < -0.4 is 11.1 Å². The van der Waals surface area contributed by atoms with Crippen LogP contribution in [0.2, 0.25) is 0 Å². The van der Waals surface area contributed by atoms with E-state index in [0.29, 0.717) is 12.0 Å². The number of aromatic nitrogens is 2. The van der Waals surface area contributed by atoms with Crippen molar-refractivity contribution in [3.63, 3.8) is 0 Å². The molecule has 0 spiro atoms. The maximum Gasteiger partial charge on any atom is 0.303 e. The molecule has 2 unspecified atom stereocenters. The number of carboxylic acids is 1. The fraction of sp³-hybridized carbons (Fsp3) is 0.545. The minimum atomic E-state index is -0.882. The highest BCUT2D eigenvalue weighted by molar-refractivity contribution is 5.83. The summed E-state index contributed by atoms with van der Waals surface area (Å²) >= 11 is 0. The zero-order valence-electron chi connectivity index (χ0n) is 10.5. The third kappa shape index (κ3) is 4.17. The first-order valence-corrected chi connectivity index (χ1v) is 5.66. The minimum Gasteiger partial charge on any atom is -0.481 e. The number of nitrogens with two attached hydrogens (primary N) is 1. The molecule has 1 heterocycles. The molecular formula is C11H18N4O3. The second kappa shape index (κ2) is 6.15. The lowest BCUT2D eigenvalue weighted by atomic mass is 10.1. The number of aliphatic carboxylic acids is 1. The maximum absolute atomic E-state index is 11.8. The number of hydrogen-bond acceptors (Lipinski definition) is 4. The Morgan fingerprint density at radius 2 is 2.28 bits per heavy atom. The molecular weight excluding hydrogens is 236 g/mol. The van der Waals surface area contributed by atoms with Gasteiger partial charge in [0, 0.05) is 31.3 Å². The number of nitrogens with zero attached hydrogens (tertiary/aromatic N) is 2. The second-order valence-electron chi connectivity index (χ2n) is 4.27. The molecule has 0 aromatic carbocycles. The number of amides is 1. The summed E-state index contributed by atoms with van der Waals surface area (Å²) in [6, 6.07) is -1.01. The molecule has 0 saturated heterocycles. The van der Waals surface area contributed by atoms with Gasteiger partial charge in [0.2, 0.25) is 5.91 Å². The number of hydrogen-bond donors (Lipinski definition) is 3. The average molecular weight is 254 g/mol. The van der Waals surface area contributed by atoms with Crippen molar-refractivity contribution in [3.05, 3.63) is 18.0 Å². The molecule has 0 radical (unpaired) electrons. The molecule has 0 aliphatic heterocycles. The van der Waals surface area contributed by atoms with E-state index in [1.165, 1.54) is 6.20 Å². The van der Waals surface area contributed by atoms with Gasteiger partial charge in [0.25, 0.3) is 0 Å². The third-order valence-corrected chi connectivity index (χ3v) is 2.55. The first kappa shape index (κ1) is 14.2. The van der Waals surface area contributed by atoms with Crippen LogP contribution in [0.15, 0.2) is 12.4 Å². The summed E-state index contributed by atoms with van der Waals surface area (Å²) in [6.45, 7) is 1.75. The molecule has 100 valence electrons. The maximum atomic E-state index is 11.8. The van der Waals surface area contributed by atoms with E-state index in [4.69, 9.17) is 10.8 Å². The summed E-state index contributed by atoms with van der Waals surface area (Å²) in [5.74, 6) is -1.21. The van der Waals surface area contributed by atoms with Gasteiger partial charge in [-0.3, -0.25) is 14.3 Å². The lowest BCUT2D eigenvalue weighted by Crippen LogP contribution is -2.39. The highest BCUT2D eigenvalue weighted by Crippen LogP contribution is 2.09. The van der Waals surface area contributed by atoms with Crippen molar-refractivity contribution < 1.29 is 14.7 Å². The van der Waals surface area contributed by atoms with Gasteiger partial charge in [0.1, 0.15) is 6.04 Å². The molecule has 0 fully saturated rings. The van der Waals surface area contributed by atoms with Crippen molar-refractivity contribution in [2.24, 2.45) is 12.8 Å². The number of aryl methyl sites for hydroxylation is 1. The van der Waals surface area contributed by atoms with E-state index < -0.39 is 12.0 Å². The Morgan fingerprint density at radius 3 is 2.78 bits per heavy atom. The molecule has 1 aromatic heterocycles. The predicted octanol–water partition coefficient (Wildman–Crippen LogP) is -0.211. The Bertz CT molecular complexity index is 430. The van der Waals surface area contributed by atoms with Crippen molar-refractivity contribution in [1.29, 1.82) is 0 Å². The summed E-state index contributed by atoms with van der Waals surface area (Å²) in [6.07, 6.45) is 3.60. The lowest BCUT2D eigenvalue weighted by molar-refractivity contribution is -0.137. The van der Waals surface area contributed by atoms with Gasteiger partial charge >= 0.3 is 5.97 Å². The molecule has 0 bridgehead atoms. The molecule has 7 heteroatoms. The molecule has 2 atom stereocenters. The van der Waals surface area contributed by atoms with Crippen molar-refractivity contribution in [2.45, 2.75) is 31.8 Å². The zero-order chi connectivity index (χ0) is 13.7. The summed E-state index contributed by atoms with van der Waals surface area (Å²) in [7, 11) is 1.74. The quantitative estimate of drug-likeness (QED) is 0.650. The van der Waals surface area contributed by atoms with E-state index in [0.717, 1.165) is 0 Å². The van der Waals surface area contributed by atoms with Crippen LogP contribution in [0.3, 0.4) is 0 Å². The van der Waals surface area contributed by atoms with Crippen LogP contribution in [0.4, 0.5) is 0 Å². The normalized spacial score (nSPS) is 13.9.